The van der Waals surface area contributed by atoms with Crippen LogP contribution in [0, 0.1) is 26.2 Å². The second-order valence-electron chi connectivity index (χ2n) is 5.53. The van der Waals surface area contributed by atoms with E-state index in [0.29, 0.717) is 10.8 Å². The summed E-state index contributed by atoms with van der Waals surface area (Å²) in [4.78, 5) is 0. The predicted molar refractivity (Wildman–Crippen MR) is 71.3 cm³/mol. The zero-order valence-electron chi connectivity index (χ0n) is 10.7. The fraction of sp³-hybridized carbons (Fsp3) is 0.600. The molecule has 0 N–H and O–H groups in total. The molecular weight excluding hydrogens is 216 g/mol. The van der Waals surface area contributed by atoms with Crippen LogP contribution >= 0.6 is 11.6 Å². The van der Waals surface area contributed by atoms with E-state index < -0.39 is 0 Å². The van der Waals surface area contributed by atoms with E-state index in [1.807, 2.05) is 0 Å². The van der Waals surface area contributed by atoms with Gasteiger partial charge in [0, 0.05) is 5.38 Å². The minimum absolute atomic E-state index is 0.299. The topological polar surface area (TPSA) is 0 Å². The van der Waals surface area contributed by atoms with E-state index in [2.05, 4.69) is 39.8 Å². The Hall–Kier alpha value is -0.490. The molecule has 1 aliphatic carbocycles. The third-order valence-electron chi connectivity index (χ3n) is 4.11. The molecular formula is C15H21Cl. The zero-order valence-corrected chi connectivity index (χ0v) is 11.5. The summed E-state index contributed by atoms with van der Waals surface area (Å²) >= 11 is 6.32. The number of benzene rings is 1. The molecule has 0 bridgehead atoms. The summed E-state index contributed by atoms with van der Waals surface area (Å²) in [5, 5.41) is 0.299. The molecule has 1 heteroatoms. The van der Waals surface area contributed by atoms with E-state index >= 15 is 0 Å². The molecule has 1 atom stereocenters. The van der Waals surface area contributed by atoms with Crippen molar-refractivity contribution in [3.63, 3.8) is 0 Å². The van der Waals surface area contributed by atoms with Crippen molar-refractivity contribution < 1.29 is 0 Å². The summed E-state index contributed by atoms with van der Waals surface area (Å²) < 4.78 is 0. The van der Waals surface area contributed by atoms with Gasteiger partial charge >= 0.3 is 0 Å². The summed E-state index contributed by atoms with van der Waals surface area (Å²) in [6.45, 7) is 8.77. The Balaban J connectivity index is 2.29. The summed E-state index contributed by atoms with van der Waals surface area (Å²) in [6.07, 6.45) is 3.75. The third-order valence-corrected chi connectivity index (χ3v) is 4.57. The highest BCUT2D eigenvalue weighted by atomic mass is 35.5. The average molecular weight is 237 g/mol. The Bertz CT molecular complexity index is 377. The van der Waals surface area contributed by atoms with Gasteiger partial charge in [-0.2, -0.15) is 0 Å². The molecule has 0 aromatic heterocycles. The molecule has 0 heterocycles. The first-order chi connectivity index (χ1) is 7.44. The molecule has 1 unspecified atom stereocenters. The summed E-state index contributed by atoms with van der Waals surface area (Å²) in [5.74, 6) is 0. The van der Waals surface area contributed by atoms with Crippen LogP contribution in [0.4, 0.5) is 0 Å². The van der Waals surface area contributed by atoms with E-state index in [1.165, 1.54) is 35.1 Å². The molecule has 88 valence electrons. The summed E-state index contributed by atoms with van der Waals surface area (Å²) in [7, 11) is 0. The average Bonchev–Trinajstić information content (AvgIpc) is 2.92. The Kier molecular flexibility index (Phi) is 3.05. The van der Waals surface area contributed by atoms with Crippen LogP contribution in [0.15, 0.2) is 12.1 Å². The number of alkyl halides is 1. The van der Waals surface area contributed by atoms with E-state index in [1.54, 1.807) is 0 Å². The van der Waals surface area contributed by atoms with Crippen molar-refractivity contribution in [2.75, 3.05) is 0 Å². The SMILES string of the molecule is Cc1cc(C)c(CC2(C(C)Cl)CC2)c(C)c1. The van der Waals surface area contributed by atoms with Crippen LogP contribution in [0.3, 0.4) is 0 Å². The highest BCUT2D eigenvalue weighted by Gasteiger charge is 2.46. The highest BCUT2D eigenvalue weighted by Crippen LogP contribution is 2.53. The second kappa shape index (κ2) is 4.07. The van der Waals surface area contributed by atoms with E-state index in [0.717, 1.165) is 6.42 Å². The molecule has 1 saturated carbocycles. The maximum absolute atomic E-state index is 6.32. The lowest BCUT2D eigenvalue weighted by Gasteiger charge is -2.21. The Morgan fingerprint density at radius 2 is 1.69 bits per heavy atom. The summed E-state index contributed by atoms with van der Waals surface area (Å²) in [5.41, 5.74) is 6.15. The van der Waals surface area contributed by atoms with Crippen molar-refractivity contribution in [3.8, 4) is 0 Å². The van der Waals surface area contributed by atoms with Crippen LogP contribution in [0.2, 0.25) is 0 Å². The number of halogens is 1. The van der Waals surface area contributed by atoms with Gasteiger partial charge in [0.05, 0.1) is 0 Å². The first kappa shape index (κ1) is 12.0. The zero-order chi connectivity index (χ0) is 11.9. The van der Waals surface area contributed by atoms with Crippen LogP contribution in [0.5, 0.6) is 0 Å². The van der Waals surface area contributed by atoms with Gasteiger partial charge in [0.15, 0.2) is 0 Å². The largest absolute Gasteiger partial charge is 0.123 e. The van der Waals surface area contributed by atoms with Crippen molar-refractivity contribution >= 4 is 11.6 Å². The van der Waals surface area contributed by atoms with Crippen molar-refractivity contribution in [3.05, 3.63) is 34.4 Å². The lowest BCUT2D eigenvalue weighted by molar-refractivity contribution is 0.494. The van der Waals surface area contributed by atoms with Crippen molar-refractivity contribution in [1.29, 1.82) is 0 Å². The number of hydrogen-bond acceptors (Lipinski definition) is 0. The van der Waals surface area contributed by atoms with Crippen molar-refractivity contribution in [2.24, 2.45) is 5.41 Å². The molecule has 16 heavy (non-hydrogen) atoms. The molecule has 1 fully saturated rings. The Morgan fingerprint density at radius 1 is 1.19 bits per heavy atom. The van der Waals surface area contributed by atoms with Crippen LogP contribution in [0.1, 0.15) is 42.0 Å². The minimum Gasteiger partial charge on any atom is -0.123 e. The van der Waals surface area contributed by atoms with E-state index in [9.17, 15) is 0 Å². The molecule has 1 aromatic rings. The molecule has 0 radical (unpaired) electrons. The monoisotopic (exact) mass is 236 g/mol. The van der Waals surface area contributed by atoms with E-state index in [-0.39, 0.29) is 0 Å². The lowest BCUT2D eigenvalue weighted by atomic mass is 9.88. The smallest absolute Gasteiger partial charge is 0.0367 e. The number of hydrogen-bond donors (Lipinski definition) is 0. The second-order valence-corrected chi connectivity index (χ2v) is 6.19. The van der Waals surface area contributed by atoms with Crippen molar-refractivity contribution in [1.82, 2.24) is 0 Å². The number of rotatable bonds is 3. The maximum Gasteiger partial charge on any atom is 0.0367 e. The van der Waals surface area contributed by atoms with Crippen LogP contribution in [0.25, 0.3) is 0 Å². The lowest BCUT2D eigenvalue weighted by Crippen LogP contribution is -2.17. The van der Waals surface area contributed by atoms with Gasteiger partial charge in [0.1, 0.15) is 0 Å². The standard InChI is InChI=1S/C15H21Cl/c1-10-7-11(2)14(12(3)8-10)9-15(5-6-15)13(4)16/h7-8,13H,5-6,9H2,1-4H3. The number of aryl methyl sites for hydroxylation is 3. The van der Waals surface area contributed by atoms with Crippen LogP contribution < -0.4 is 0 Å². The molecule has 1 aromatic carbocycles. The van der Waals surface area contributed by atoms with Crippen LogP contribution in [-0.4, -0.2) is 5.38 Å². The molecule has 0 amide bonds. The predicted octanol–water partition coefficient (Wildman–Crippen LogP) is 4.56. The van der Waals surface area contributed by atoms with Gasteiger partial charge in [-0.1, -0.05) is 17.7 Å². The first-order valence-electron chi connectivity index (χ1n) is 6.15. The van der Waals surface area contributed by atoms with Gasteiger partial charge in [-0.3, -0.25) is 0 Å². The van der Waals surface area contributed by atoms with Crippen molar-refractivity contribution in [2.45, 2.75) is 52.3 Å². The molecule has 0 saturated heterocycles. The fourth-order valence-corrected chi connectivity index (χ4v) is 3.01. The molecule has 2 rings (SSSR count). The first-order valence-corrected chi connectivity index (χ1v) is 6.59. The molecule has 1 aliphatic rings. The van der Waals surface area contributed by atoms with Gasteiger partial charge in [0.2, 0.25) is 0 Å². The fourth-order valence-electron chi connectivity index (χ4n) is 2.72. The normalized spacial score (nSPS) is 19.6. The summed E-state index contributed by atoms with van der Waals surface area (Å²) in [6, 6.07) is 4.58. The van der Waals surface area contributed by atoms with E-state index in [4.69, 9.17) is 11.6 Å². The minimum atomic E-state index is 0.299. The van der Waals surface area contributed by atoms with Crippen LogP contribution in [-0.2, 0) is 6.42 Å². The van der Waals surface area contributed by atoms with Gasteiger partial charge in [-0.25, -0.2) is 0 Å². The Labute approximate surface area is 104 Å². The maximum atomic E-state index is 6.32. The molecule has 0 nitrogen and oxygen atoms in total. The van der Waals surface area contributed by atoms with Gasteiger partial charge in [-0.05, 0) is 69.1 Å². The highest BCUT2D eigenvalue weighted by molar-refractivity contribution is 6.21. The molecule has 0 spiro atoms. The third kappa shape index (κ3) is 2.13. The molecule has 0 aliphatic heterocycles. The Morgan fingerprint density at radius 3 is 2.06 bits per heavy atom. The van der Waals surface area contributed by atoms with Gasteiger partial charge in [-0.15, -0.1) is 11.6 Å². The van der Waals surface area contributed by atoms with Gasteiger partial charge in [0.25, 0.3) is 0 Å². The quantitative estimate of drug-likeness (QED) is 0.675. The van der Waals surface area contributed by atoms with Gasteiger partial charge < -0.3 is 0 Å².